The lowest BCUT2D eigenvalue weighted by Gasteiger charge is -2.32. The van der Waals surface area contributed by atoms with Crippen molar-refractivity contribution in [1.29, 1.82) is 0 Å². The molecule has 0 unspecified atom stereocenters. The minimum atomic E-state index is -0.0445. The third kappa shape index (κ3) is 5.65. The van der Waals surface area contributed by atoms with Crippen molar-refractivity contribution in [3.05, 3.63) is 54.1 Å². The first-order valence-electron chi connectivity index (χ1n) is 10.1. The molecule has 1 N–H and O–H groups in total. The van der Waals surface area contributed by atoms with Crippen LogP contribution < -0.4 is 19.5 Å². The van der Waals surface area contributed by atoms with Crippen LogP contribution in [-0.2, 0) is 4.79 Å². The second-order valence-electron chi connectivity index (χ2n) is 7.12. The van der Waals surface area contributed by atoms with Crippen LogP contribution in [0.2, 0.25) is 0 Å². The lowest BCUT2D eigenvalue weighted by Crippen LogP contribution is -2.46. The molecule has 1 heterocycles. The van der Waals surface area contributed by atoms with Gasteiger partial charge in [0, 0.05) is 24.7 Å². The Bertz CT molecular complexity index is 848. The number of hydrogen-bond donors (Lipinski definition) is 1. The van der Waals surface area contributed by atoms with Gasteiger partial charge in [-0.25, -0.2) is 0 Å². The molecule has 30 heavy (non-hydrogen) atoms. The third-order valence-corrected chi connectivity index (χ3v) is 5.12. The quantitative estimate of drug-likeness (QED) is 0.721. The van der Waals surface area contributed by atoms with Gasteiger partial charge >= 0.3 is 0 Å². The Labute approximate surface area is 176 Å². The minimum absolute atomic E-state index is 0.0319. The molecule has 2 amide bonds. The summed E-state index contributed by atoms with van der Waals surface area (Å²) in [6.45, 7) is 1.53. The number of methoxy groups -OCH3 is 2. The predicted octanol–water partition coefficient (Wildman–Crippen LogP) is 2.89. The molecule has 0 atom stereocenters. The first kappa shape index (κ1) is 21.5. The zero-order chi connectivity index (χ0) is 21.3. The summed E-state index contributed by atoms with van der Waals surface area (Å²) in [5.41, 5.74) is 0.563. The van der Waals surface area contributed by atoms with E-state index in [0.717, 1.165) is 18.6 Å². The molecule has 0 bridgehead atoms. The van der Waals surface area contributed by atoms with Crippen LogP contribution in [0.5, 0.6) is 17.2 Å². The number of benzene rings is 2. The minimum Gasteiger partial charge on any atom is -0.493 e. The molecular formula is C23H28N2O5. The SMILES string of the molecule is COc1ccc(C(=O)N2CCC(NC(=O)CCOc3ccccc3)CC2)cc1OC. The van der Waals surface area contributed by atoms with E-state index >= 15 is 0 Å². The number of amides is 2. The highest BCUT2D eigenvalue weighted by atomic mass is 16.5. The van der Waals surface area contributed by atoms with Crippen molar-refractivity contribution in [2.45, 2.75) is 25.3 Å². The summed E-state index contributed by atoms with van der Waals surface area (Å²) in [7, 11) is 3.11. The van der Waals surface area contributed by atoms with E-state index in [1.165, 1.54) is 0 Å². The molecular weight excluding hydrogens is 384 g/mol. The van der Waals surface area contributed by atoms with Crippen LogP contribution in [0.1, 0.15) is 29.6 Å². The maximum absolute atomic E-state index is 12.8. The van der Waals surface area contributed by atoms with Crippen LogP contribution in [0, 0.1) is 0 Å². The van der Waals surface area contributed by atoms with Crippen molar-refractivity contribution in [2.24, 2.45) is 0 Å². The monoisotopic (exact) mass is 412 g/mol. The standard InChI is InChI=1S/C23H28N2O5/c1-28-20-9-8-17(16-21(20)29-2)23(27)25-13-10-18(11-14-25)24-22(26)12-15-30-19-6-4-3-5-7-19/h3-9,16,18H,10-15H2,1-2H3,(H,24,26). The topological polar surface area (TPSA) is 77.1 Å². The Balaban J connectivity index is 1.43. The molecule has 0 spiro atoms. The molecule has 0 saturated carbocycles. The highest BCUT2D eigenvalue weighted by molar-refractivity contribution is 5.95. The van der Waals surface area contributed by atoms with Gasteiger partial charge in [0.25, 0.3) is 5.91 Å². The smallest absolute Gasteiger partial charge is 0.253 e. The van der Waals surface area contributed by atoms with Crippen molar-refractivity contribution in [2.75, 3.05) is 33.9 Å². The van der Waals surface area contributed by atoms with Crippen molar-refractivity contribution in [3.8, 4) is 17.2 Å². The first-order chi connectivity index (χ1) is 14.6. The van der Waals surface area contributed by atoms with Gasteiger partial charge in [0.2, 0.25) is 5.91 Å². The number of carbonyl (C=O) groups is 2. The van der Waals surface area contributed by atoms with Crippen LogP contribution >= 0.6 is 0 Å². The first-order valence-corrected chi connectivity index (χ1v) is 10.1. The van der Waals surface area contributed by atoms with Crippen LogP contribution in [0.3, 0.4) is 0 Å². The Morgan fingerprint density at radius 1 is 1.00 bits per heavy atom. The Kier molecular flexibility index (Phi) is 7.54. The van der Waals surface area contributed by atoms with Gasteiger partial charge in [-0.05, 0) is 43.2 Å². The van der Waals surface area contributed by atoms with Crippen LogP contribution in [0.25, 0.3) is 0 Å². The maximum atomic E-state index is 12.8. The van der Waals surface area contributed by atoms with E-state index in [1.54, 1.807) is 32.4 Å². The number of rotatable bonds is 8. The van der Waals surface area contributed by atoms with Gasteiger partial charge in [0.1, 0.15) is 5.75 Å². The summed E-state index contributed by atoms with van der Waals surface area (Å²) in [6.07, 6.45) is 1.76. The number of nitrogens with one attached hydrogen (secondary N) is 1. The second kappa shape index (κ2) is 10.5. The summed E-state index contributed by atoms with van der Waals surface area (Å²) >= 11 is 0. The van der Waals surface area contributed by atoms with Crippen molar-refractivity contribution in [3.63, 3.8) is 0 Å². The molecule has 2 aromatic rings. The van der Waals surface area contributed by atoms with Gasteiger partial charge in [-0.15, -0.1) is 0 Å². The van der Waals surface area contributed by atoms with Gasteiger partial charge in [-0.3, -0.25) is 9.59 Å². The van der Waals surface area contributed by atoms with E-state index in [1.807, 2.05) is 35.2 Å². The van der Waals surface area contributed by atoms with Gasteiger partial charge < -0.3 is 24.4 Å². The zero-order valence-electron chi connectivity index (χ0n) is 17.4. The fourth-order valence-electron chi connectivity index (χ4n) is 3.46. The number of ether oxygens (including phenoxy) is 3. The van der Waals surface area contributed by atoms with Crippen molar-refractivity contribution < 1.29 is 23.8 Å². The lowest BCUT2D eigenvalue weighted by molar-refractivity contribution is -0.122. The molecule has 0 aromatic heterocycles. The number of piperidine rings is 1. The zero-order valence-corrected chi connectivity index (χ0v) is 17.4. The van der Waals surface area contributed by atoms with Crippen molar-refractivity contribution in [1.82, 2.24) is 10.2 Å². The fourth-order valence-corrected chi connectivity index (χ4v) is 3.46. The summed E-state index contributed by atoms with van der Waals surface area (Å²) in [5, 5.41) is 3.04. The molecule has 0 radical (unpaired) electrons. The molecule has 7 nitrogen and oxygen atoms in total. The van der Waals surface area contributed by atoms with E-state index < -0.39 is 0 Å². The Hall–Kier alpha value is -3.22. The summed E-state index contributed by atoms with van der Waals surface area (Å²) < 4.78 is 16.1. The van der Waals surface area contributed by atoms with E-state index in [2.05, 4.69) is 5.32 Å². The average molecular weight is 412 g/mol. The highest BCUT2D eigenvalue weighted by Gasteiger charge is 2.25. The molecule has 1 aliphatic heterocycles. The largest absolute Gasteiger partial charge is 0.493 e. The lowest BCUT2D eigenvalue weighted by atomic mass is 10.0. The molecule has 3 rings (SSSR count). The molecule has 0 aliphatic carbocycles. The molecule has 7 heteroatoms. The van der Waals surface area contributed by atoms with Crippen molar-refractivity contribution >= 4 is 11.8 Å². The van der Waals surface area contributed by atoms with E-state index in [4.69, 9.17) is 14.2 Å². The maximum Gasteiger partial charge on any atom is 0.253 e. The number of nitrogens with zero attached hydrogens (tertiary/aromatic N) is 1. The Morgan fingerprint density at radius 2 is 1.70 bits per heavy atom. The summed E-state index contributed by atoms with van der Waals surface area (Å²) in [5.74, 6) is 1.80. The molecule has 2 aromatic carbocycles. The van der Waals surface area contributed by atoms with Crippen LogP contribution in [-0.4, -0.2) is 56.7 Å². The van der Waals surface area contributed by atoms with Gasteiger partial charge in [0.15, 0.2) is 11.5 Å². The number of hydrogen-bond acceptors (Lipinski definition) is 5. The summed E-state index contributed by atoms with van der Waals surface area (Å²) in [6, 6.07) is 14.7. The molecule has 1 fully saturated rings. The number of carbonyl (C=O) groups excluding carboxylic acids is 2. The number of para-hydroxylation sites is 1. The van der Waals surface area contributed by atoms with E-state index in [-0.39, 0.29) is 17.9 Å². The third-order valence-electron chi connectivity index (χ3n) is 5.12. The van der Waals surface area contributed by atoms with E-state index in [0.29, 0.717) is 43.2 Å². The average Bonchev–Trinajstić information content (AvgIpc) is 2.79. The Morgan fingerprint density at radius 3 is 2.37 bits per heavy atom. The number of likely N-dealkylation sites (tertiary alicyclic amines) is 1. The van der Waals surface area contributed by atoms with Crippen LogP contribution in [0.15, 0.2) is 48.5 Å². The molecule has 1 saturated heterocycles. The van der Waals surface area contributed by atoms with Gasteiger partial charge in [-0.2, -0.15) is 0 Å². The summed E-state index contributed by atoms with van der Waals surface area (Å²) in [4.78, 5) is 26.8. The fraction of sp³-hybridized carbons (Fsp3) is 0.391. The van der Waals surface area contributed by atoms with E-state index in [9.17, 15) is 9.59 Å². The molecule has 160 valence electrons. The second-order valence-corrected chi connectivity index (χ2v) is 7.12. The van der Waals surface area contributed by atoms with Crippen LogP contribution in [0.4, 0.5) is 0 Å². The highest BCUT2D eigenvalue weighted by Crippen LogP contribution is 2.28. The van der Waals surface area contributed by atoms with Gasteiger partial charge in [-0.1, -0.05) is 18.2 Å². The normalized spacial score (nSPS) is 14.1. The predicted molar refractivity (Wildman–Crippen MR) is 113 cm³/mol. The molecule has 1 aliphatic rings. The van der Waals surface area contributed by atoms with Gasteiger partial charge in [0.05, 0.1) is 27.2 Å².